The highest BCUT2D eigenvalue weighted by Gasteiger charge is 2.20. The van der Waals surface area contributed by atoms with Gasteiger partial charge in [0.15, 0.2) is 0 Å². The number of ether oxygens (including phenoxy) is 1. The third-order valence-electron chi connectivity index (χ3n) is 2.37. The fraction of sp³-hybridized carbons (Fsp3) is 0.600. The molecule has 0 saturated carbocycles. The van der Waals surface area contributed by atoms with Crippen LogP contribution in [-0.2, 0) is 22.5 Å². The Morgan fingerprint density at radius 1 is 1.69 bits per heavy atom. The first kappa shape index (κ1) is 13.0. The molecule has 1 heterocycles. The van der Waals surface area contributed by atoms with Gasteiger partial charge >= 0.3 is 5.97 Å². The van der Waals surface area contributed by atoms with E-state index in [0.717, 1.165) is 11.4 Å². The fourth-order valence-corrected chi connectivity index (χ4v) is 1.72. The largest absolute Gasteiger partial charge is 0.468 e. The van der Waals surface area contributed by atoms with Crippen molar-refractivity contribution in [3.05, 3.63) is 16.4 Å². The van der Waals surface area contributed by atoms with E-state index in [0.29, 0.717) is 18.0 Å². The highest BCUT2D eigenvalue weighted by atomic mass is 35.5. The molecule has 0 radical (unpaired) electrons. The molecule has 1 atom stereocenters. The zero-order chi connectivity index (χ0) is 12.3. The standard InChI is InChI=1S/C10H16ClN3O2/c1-4-14-8(9(11)6(2)13-14)5-7(12)10(15)16-3/h7H,4-5,12H2,1-3H3. The molecule has 1 rings (SSSR count). The van der Waals surface area contributed by atoms with Gasteiger partial charge in [0.25, 0.3) is 0 Å². The normalized spacial score (nSPS) is 12.6. The van der Waals surface area contributed by atoms with E-state index in [-0.39, 0.29) is 0 Å². The van der Waals surface area contributed by atoms with E-state index >= 15 is 0 Å². The summed E-state index contributed by atoms with van der Waals surface area (Å²) in [5.41, 5.74) is 7.21. The number of halogens is 1. The lowest BCUT2D eigenvalue weighted by Crippen LogP contribution is -2.34. The Hall–Kier alpha value is -1.07. The molecule has 0 fully saturated rings. The lowest BCUT2D eigenvalue weighted by atomic mass is 10.1. The van der Waals surface area contributed by atoms with Crippen LogP contribution in [0, 0.1) is 6.92 Å². The quantitative estimate of drug-likeness (QED) is 0.801. The van der Waals surface area contributed by atoms with Crippen molar-refractivity contribution in [2.24, 2.45) is 5.73 Å². The number of nitrogens with zero attached hydrogens (tertiary/aromatic N) is 2. The van der Waals surface area contributed by atoms with Gasteiger partial charge < -0.3 is 10.5 Å². The minimum Gasteiger partial charge on any atom is -0.468 e. The molecule has 90 valence electrons. The lowest BCUT2D eigenvalue weighted by Gasteiger charge is -2.10. The Bertz CT molecular complexity index is 390. The fourth-order valence-electron chi connectivity index (χ4n) is 1.51. The number of nitrogens with two attached hydrogens (primary N) is 1. The minimum atomic E-state index is -0.705. The van der Waals surface area contributed by atoms with Crippen molar-refractivity contribution in [3.63, 3.8) is 0 Å². The Labute approximate surface area is 99.5 Å². The summed E-state index contributed by atoms with van der Waals surface area (Å²) < 4.78 is 6.32. The number of carbonyl (C=O) groups excluding carboxylic acids is 1. The van der Waals surface area contributed by atoms with Crippen LogP contribution in [0.15, 0.2) is 0 Å². The van der Waals surface area contributed by atoms with Gasteiger partial charge in [-0.2, -0.15) is 5.10 Å². The molecule has 1 aromatic heterocycles. The van der Waals surface area contributed by atoms with Crippen LogP contribution in [0.3, 0.4) is 0 Å². The minimum absolute atomic E-state index is 0.334. The Morgan fingerprint density at radius 3 is 2.81 bits per heavy atom. The molecule has 5 nitrogen and oxygen atoms in total. The second-order valence-electron chi connectivity index (χ2n) is 3.50. The molecule has 0 aromatic carbocycles. The van der Waals surface area contributed by atoms with Crippen LogP contribution in [0.1, 0.15) is 18.3 Å². The third kappa shape index (κ3) is 2.54. The summed E-state index contributed by atoms with van der Waals surface area (Å²) in [6.45, 7) is 4.47. The molecule has 0 spiro atoms. The van der Waals surface area contributed by atoms with E-state index in [1.165, 1.54) is 7.11 Å². The third-order valence-corrected chi connectivity index (χ3v) is 2.86. The van der Waals surface area contributed by atoms with Crippen LogP contribution in [0.5, 0.6) is 0 Å². The van der Waals surface area contributed by atoms with E-state index < -0.39 is 12.0 Å². The summed E-state index contributed by atoms with van der Waals surface area (Å²) >= 11 is 6.09. The predicted octanol–water partition coefficient (Wildman–Crippen LogP) is 0.908. The molecule has 0 aliphatic rings. The molecule has 0 aliphatic carbocycles. The van der Waals surface area contributed by atoms with Crippen molar-refractivity contribution in [2.75, 3.05) is 7.11 Å². The van der Waals surface area contributed by atoms with Crippen LogP contribution >= 0.6 is 11.6 Å². The van der Waals surface area contributed by atoms with Crippen LogP contribution in [0.2, 0.25) is 5.02 Å². The van der Waals surface area contributed by atoms with Crippen LogP contribution in [0.25, 0.3) is 0 Å². The van der Waals surface area contributed by atoms with Gasteiger partial charge in [-0.3, -0.25) is 9.48 Å². The van der Waals surface area contributed by atoms with E-state index in [1.54, 1.807) is 4.68 Å². The SMILES string of the molecule is CCn1nc(C)c(Cl)c1CC(N)C(=O)OC. The highest BCUT2D eigenvalue weighted by Crippen LogP contribution is 2.21. The van der Waals surface area contributed by atoms with Gasteiger partial charge in [-0.05, 0) is 13.8 Å². The van der Waals surface area contributed by atoms with Gasteiger partial charge in [0.2, 0.25) is 0 Å². The smallest absolute Gasteiger partial charge is 0.323 e. The van der Waals surface area contributed by atoms with Crippen molar-refractivity contribution in [3.8, 4) is 0 Å². The average Bonchev–Trinajstić information content (AvgIpc) is 2.55. The molecule has 2 N–H and O–H groups in total. The zero-order valence-corrected chi connectivity index (χ0v) is 10.4. The Morgan fingerprint density at radius 2 is 2.31 bits per heavy atom. The summed E-state index contributed by atoms with van der Waals surface area (Å²) in [5, 5.41) is 4.81. The molecule has 6 heteroatoms. The van der Waals surface area contributed by atoms with Gasteiger partial charge in [-0.1, -0.05) is 11.6 Å². The van der Waals surface area contributed by atoms with Crippen molar-refractivity contribution in [1.29, 1.82) is 0 Å². The number of carbonyl (C=O) groups is 1. The average molecular weight is 246 g/mol. The molecule has 0 bridgehead atoms. The maximum atomic E-state index is 11.2. The van der Waals surface area contributed by atoms with Gasteiger partial charge in [-0.25, -0.2) is 0 Å². The van der Waals surface area contributed by atoms with Crippen LogP contribution in [0.4, 0.5) is 0 Å². The maximum Gasteiger partial charge on any atom is 0.323 e. The van der Waals surface area contributed by atoms with Crippen LogP contribution in [-0.4, -0.2) is 28.9 Å². The van der Waals surface area contributed by atoms with E-state index in [4.69, 9.17) is 17.3 Å². The van der Waals surface area contributed by atoms with Crippen molar-refractivity contribution in [2.45, 2.75) is 32.9 Å². The monoisotopic (exact) mass is 245 g/mol. The molecule has 0 saturated heterocycles. The number of rotatable bonds is 4. The second kappa shape index (κ2) is 5.32. The summed E-state index contributed by atoms with van der Waals surface area (Å²) in [5.74, 6) is -0.447. The van der Waals surface area contributed by atoms with E-state index in [9.17, 15) is 4.79 Å². The molecular formula is C10H16ClN3O2. The first-order chi connectivity index (χ1) is 7.51. The van der Waals surface area contributed by atoms with Gasteiger partial charge in [0, 0.05) is 13.0 Å². The molecular weight excluding hydrogens is 230 g/mol. The number of esters is 1. The highest BCUT2D eigenvalue weighted by molar-refractivity contribution is 6.31. The zero-order valence-electron chi connectivity index (χ0n) is 9.66. The number of methoxy groups -OCH3 is 1. The molecule has 1 unspecified atom stereocenters. The first-order valence-electron chi connectivity index (χ1n) is 5.06. The second-order valence-corrected chi connectivity index (χ2v) is 3.87. The predicted molar refractivity (Wildman–Crippen MR) is 61.3 cm³/mol. The number of hydrogen-bond donors (Lipinski definition) is 1. The van der Waals surface area contributed by atoms with Gasteiger partial charge in [-0.15, -0.1) is 0 Å². The Kier molecular flexibility index (Phi) is 4.32. The lowest BCUT2D eigenvalue weighted by molar-refractivity contribution is -0.142. The summed E-state index contributed by atoms with van der Waals surface area (Å²) in [4.78, 5) is 11.2. The number of aryl methyl sites for hydroxylation is 2. The van der Waals surface area contributed by atoms with Gasteiger partial charge in [0.05, 0.1) is 23.5 Å². The topological polar surface area (TPSA) is 70.1 Å². The summed E-state index contributed by atoms with van der Waals surface area (Å²) in [6, 6.07) is -0.705. The molecule has 1 aromatic rings. The Balaban J connectivity index is 2.91. The van der Waals surface area contributed by atoms with Crippen molar-refractivity contribution >= 4 is 17.6 Å². The summed E-state index contributed by atoms with van der Waals surface area (Å²) in [7, 11) is 1.31. The van der Waals surface area contributed by atoms with E-state index in [1.807, 2.05) is 13.8 Å². The van der Waals surface area contributed by atoms with Crippen molar-refractivity contribution < 1.29 is 9.53 Å². The van der Waals surface area contributed by atoms with Crippen LogP contribution < -0.4 is 5.73 Å². The van der Waals surface area contributed by atoms with Gasteiger partial charge in [0.1, 0.15) is 6.04 Å². The molecule has 0 amide bonds. The maximum absolute atomic E-state index is 11.2. The van der Waals surface area contributed by atoms with Crippen molar-refractivity contribution in [1.82, 2.24) is 9.78 Å². The molecule has 16 heavy (non-hydrogen) atoms. The van der Waals surface area contributed by atoms with E-state index in [2.05, 4.69) is 9.84 Å². The number of aromatic nitrogens is 2. The summed E-state index contributed by atoms with van der Waals surface area (Å²) in [6.07, 6.45) is 0.334. The number of hydrogen-bond acceptors (Lipinski definition) is 4. The first-order valence-corrected chi connectivity index (χ1v) is 5.44. The molecule has 0 aliphatic heterocycles.